The summed E-state index contributed by atoms with van der Waals surface area (Å²) in [6.45, 7) is 2.22. The molecule has 2 aromatic carbocycles. The molecular formula is C27H29BrN2OS2. The molecule has 33 heavy (non-hydrogen) atoms. The van der Waals surface area contributed by atoms with Gasteiger partial charge in [0.2, 0.25) is 0 Å². The molecule has 1 atom stereocenters. The highest BCUT2D eigenvalue weighted by atomic mass is 79.9. The number of thiophene rings is 1. The van der Waals surface area contributed by atoms with Gasteiger partial charge in [0.25, 0.3) is 0 Å². The number of hydrogen-bond donors (Lipinski definition) is 1. The van der Waals surface area contributed by atoms with Gasteiger partial charge < -0.3 is 5.73 Å². The van der Waals surface area contributed by atoms with Crippen LogP contribution in [0.1, 0.15) is 45.4 Å². The van der Waals surface area contributed by atoms with Gasteiger partial charge in [-0.25, -0.2) is 4.98 Å². The molecule has 0 spiro atoms. The highest BCUT2D eigenvalue weighted by molar-refractivity contribution is 9.10. The third kappa shape index (κ3) is 5.73. The molecule has 172 valence electrons. The maximum absolute atomic E-state index is 13.2. The van der Waals surface area contributed by atoms with E-state index in [0.717, 1.165) is 54.1 Å². The van der Waals surface area contributed by atoms with Crippen LogP contribution in [-0.4, -0.2) is 14.9 Å². The smallest absolute Gasteiger partial charge is 0.127 e. The van der Waals surface area contributed by atoms with Crippen LogP contribution in [0.15, 0.2) is 69.3 Å². The first-order valence-electron chi connectivity index (χ1n) is 11.5. The molecule has 0 saturated heterocycles. The topological polar surface area (TPSA) is 56.0 Å². The van der Waals surface area contributed by atoms with Gasteiger partial charge >= 0.3 is 0 Å². The lowest BCUT2D eigenvalue weighted by Crippen LogP contribution is -1.99. The van der Waals surface area contributed by atoms with Crippen LogP contribution in [0, 0.1) is 0 Å². The summed E-state index contributed by atoms with van der Waals surface area (Å²) < 4.78 is 15.0. The Bertz CT molecular complexity index is 1240. The van der Waals surface area contributed by atoms with Gasteiger partial charge in [-0.15, -0.1) is 11.3 Å². The Labute approximate surface area is 211 Å². The van der Waals surface area contributed by atoms with E-state index in [0.29, 0.717) is 11.4 Å². The number of nitrogens with zero attached hydrogens (tertiary/aromatic N) is 1. The van der Waals surface area contributed by atoms with Crippen LogP contribution < -0.4 is 5.73 Å². The van der Waals surface area contributed by atoms with Gasteiger partial charge in [-0.1, -0.05) is 97.4 Å². The van der Waals surface area contributed by atoms with Crippen molar-refractivity contribution in [2.24, 2.45) is 0 Å². The minimum atomic E-state index is -1.11. The van der Waals surface area contributed by atoms with Crippen molar-refractivity contribution in [2.45, 2.75) is 49.7 Å². The van der Waals surface area contributed by atoms with E-state index in [4.69, 9.17) is 10.7 Å². The second-order valence-electron chi connectivity index (χ2n) is 8.23. The average molecular weight is 542 g/mol. The lowest BCUT2D eigenvalue weighted by atomic mass is 10.00. The second-order valence-corrected chi connectivity index (χ2v) is 11.9. The summed E-state index contributed by atoms with van der Waals surface area (Å²) in [4.78, 5) is 5.79. The third-order valence-electron chi connectivity index (χ3n) is 5.78. The summed E-state index contributed by atoms with van der Waals surface area (Å²) in [6, 6.07) is 20.5. The highest BCUT2D eigenvalue weighted by Crippen LogP contribution is 2.42. The number of nitrogen functional groups attached to an aromatic ring is 1. The third-order valence-corrected chi connectivity index (χ3v) is 9.30. The van der Waals surface area contributed by atoms with Gasteiger partial charge in [0.05, 0.1) is 22.2 Å². The minimum Gasteiger partial charge on any atom is -0.396 e. The number of hydrogen-bond acceptors (Lipinski definition) is 4. The number of benzene rings is 2. The fourth-order valence-corrected chi connectivity index (χ4v) is 6.97. The number of fused-ring (bicyclic) bond motifs is 1. The molecule has 0 amide bonds. The van der Waals surface area contributed by atoms with E-state index in [9.17, 15) is 4.21 Å². The van der Waals surface area contributed by atoms with E-state index < -0.39 is 10.8 Å². The lowest BCUT2D eigenvalue weighted by molar-refractivity contribution is 0.622. The molecule has 4 aromatic rings. The van der Waals surface area contributed by atoms with Crippen LogP contribution in [0.5, 0.6) is 0 Å². The van der Waals surface area contributed by atoms with Gasteiger partial charge in [-0.05, 0) is 35.7 Å². The molecule has 0 bridgehead atoms. The second kappa shape index (κ2) is 11.4. The quantitative estimate of drug-likeness (QED) is 0.205. The summed E-state index contributed by atoms with van der Waals surface area (Å²) in [5, 5.41) is 0.915. The maximum atomic E-state index is 13.2. The van der Waals surface area contributed by atoms with Crippen LogP contribution in [0.2, 0.25) is 0 Å². The fraction of sp³-hybridized carbons (Fsp3) is 0.296. The van der Waals surface area contributed by atoms with E-state index in [1.807, 2.05) is 30.3 Å². The number of unbranched alkanes of at least 4 members (excludes halogenated alkanes) is 5. The zero-order valence-electron chi connectivity index (χ0n) is 18.9. The Kier molecular flexibility index (Phi) is 8.34. The first-order chi connectivity index (χ1) is 16.1. The van der Waals surface area contributed by atoms with Gasteiger partial charge in [-0.2, -0.15) is 0 Å². The highest BCUT2D eigenvalue weighted by Gasteiger charge is 2.20. The van der Waals surface area contributed by atoms with Crippen LogP contribution in [0.25, 0.3) is 32.6 Å². The van der Waals surface area contributed by atoms with Crippen molar-refractivity contribution in [1.82, 2.24) is 4.98 Å². The standard InChI is InChI=1S/C27H29BrN2OS2/c1-2-3-4-5-6-10-17-33(31)27-25(29)24-22(19-11-8-7-9-12-19)18-23(30-26(24)32-27)20-13-15-21(28)16-14-20/h7-9,11-16,18H,2-6,10,17,29H2,1H3. The predicted molar refractivity (Wildman–Crippen MR) is 147 cm³/mol. The lowest BCUT2D eigenvalue weighted by Gasteiger charge is -2.09. The number of nitrogens with two attached hydrogens (primary N) is 1. The van der Waals surface area contributed by atoms with Crippen LogP contribution in [0.4, 0.5) is 5.69 Å². The van der Waals surface area contributed by atoms with Gasteiger partial charge in [0, 0.05) is 21.2 Å². The molecule has 2 N–H and O–H groups in total. The van der Waals surface area contributed by atoms with E-state index in [1.54, 1.807) is 0 Å². The largest absolute Gasteiger partial charge is 0.396 e. The van der Waals surface area contributed by atoms with Crippen molar-refractivity contribution in [3.63, 3.8) is 0 Å². The number of halogens is 1. The van der Waals surface area contributed by atoms with Crippen molar-refractivity contribution in [2.75, 3.05) is 11.5 Å². The van der Waals surface area contributed by atoms with Crippen molar-refractivity contribution >= 4 is 54.0 Å². The number of pyridine rings is 1. The van der Waals surface area contributed by atoms with Gasteiger partial charge in [-0.3, -0.25) is 4.21 Å². The predicted octanol–water partition coefficient (Wildman–Crippen LogP) is 8.44. The summed E-state index contributed by atoms with van der Waals surface area (Å²) in [6.07, 6.45) is 7.08. The molecule has 0 radical (unpaired) electrons. The Balaban J connectivity index is 1.70. The normalized spacial score (nSPS) is 12.3. The molecule has 1 unspecified atom stereocenters. The van der Waals surface area contributed by atoms with Crippen LogP contribution >= 0.6 is 27.3 Å². The molecule has 4 rings (SSSR count). The maximum Gasteiger partial charge on any atom is 0.127 e. The zero-order chi connectivity index (χ0) is 23.2. The Morgan fingerprint density at radius 3 is 2.36 bits per heavy atom. The molecule has 6 heteroatoms. The number of anilines is 1. The van der Waals surface area contributed by atoms with Crippen molar-refractivity contribution in [3.05, 3.63) is 65.1 Å². The molecule has 3 nitrogen and oxygen atoms in total. The van der Waals surface area contributed by atoms with Crippen LogP contribution in [0.3, 0.4) is 0 Å². The monoisotopic (exact) mass is 540 g/mol. The van der Waals surface area contributed by atoms with Crippen molar-refractivity contribution in [1.29, 1.82) is 0 Å². The van der Waals surface area contributed by atoms with E-state index in [2.05, 4.69) is 53.2 Å². The molecule has 0 aliphatic heterocycles. The summed E-state index contributed by atoms with van der Waals surface area (Å²) in [7, 11) is -1.11. The molecular weight excluding hydrogens is 512 g/mol. The molecule has 0 saturated carbocycles. The van der Waals surface area contributed by atoms with E-state index in [-0.39, 0.29) is 0 Å². The Morgan fingerprint density at radius 1 is 0.939 bits per heavy atom. The minimum absolute atomic E-state index is 0.619. The molecule has 2 aromatic heterocycles. The van der Waals surface area contributed by atoms with E-state index in [1.165, 1.54) is 37.0 Å². The Hall–Kier alpha value is -2.02. The van der Waals surface area contributed by atoms with Crippen LogP contribution in [-0.2, 0) is 10.8 Å². The first kappa shape index (κ1) is 24.1. The van der Waals surface area contributed by atoms with Crippen molar-refractivity contribution < 1.29 is 4.21 Å². The summed E-state index contributed by atoms with van der Waals surface area (Å²) in [5.74, 6) is 0.656. The van der Waals surface area contributed by atoms with Gasteiger partial charge in [0.1, 0.15) is 9.04 Å². The number of rotatable bonds is 10. The molecule has 2 heterocycles. The molecule has 0 aliphatic carbocycles. The summed E-state index contributed by atoms with van der Waals surface area (Å²) >= 11 is 4.99. The van der Waals surface area contributed by atoms with E-state index >= 15 is 0 Å². The molecule has 0 fully saturated rings. The summed E-state index contributed by atoms with van der Waals surface area (Å²) in [5.41, 5.74) is 11.3. The fourth-order valence-electron chi connectivity index (χ4n) is 3.99. The Morgan fingerprint density at radius 2 is 1.64 bits per heavy atom. The zero-order valence-corrected chi connectivity index (χ0v) is 22.1. The molecule has 0 aliphatic rings. The van der Waals surface area contributed by atoms with Gasteiger partial charge in [0.15, 0.2) is 0 Å². The van der Waals surface area contributed by atoms with Crippen molar-refractivity contribution in [3.8, 4) is 22.4 Å². The number of aromatic nitrogens is 1. The average Bonchev–Trinajstić information content (AvgIpc) is 3.18. The first-order valence-corrected chi connectivity index (χ1v) is 14.4. The SMILES string of the molecule is CCCCCCCCS(=O)c1sc2nc(-c3ccc(Br)cc3)cc(-c3ccccc3)c2c1N.